The van der Waals surface area contributed by atoms with Crippen molar-refractivity contribution in [2.75, 3.05) is 41.0 Å². The summed E-state index contributed by atoms with van der Waals surface area (Å²) < 4.78 is 10.0. The van der Waals surface area contributed by atoms with Crippen molar-refractivity contribution in [1.82, 2.24) is 10.2 Å². The van der Waals surface area contributed by atoms with E-state index in [0.717, 1.165) is 39.0 Å². The van der Waals surface area contributed by atoms with Gasteiger partial charge in [-0.1, -0.05) is 6.92 Å². The lowest BCUT2D eigenvalue weighted by Gasteiger charge is -2.31. The molecular weight excluding hydrogens is 256 g/mol. The molecule has 0 bridgehead atoms. The SMILES string of the molecule is CCC(C)N(CCCC(C)(NC)C(=O)OC)CCOC. The molecule has 20 heavy (non-hydrogen) atoms. The molecule has 0 aromatic heterocycles. The number of hydrogen-bond donors (Lipinski definition) is 1. The lowest BCUT2D eigenvalue weighted by molar-refractivity contribution is -0.148. The van der Waals surface area contributed by atoms with Crippen LogP contribution in [0.1, 0.15) is 40.0 Å². The van der Waals surface area contributed by atoms with Crippen molar-refractivity contribution in [1.29, 1.82) is 0 Å². The van der Waals surface area contributed by atoms with E-state index in [2.05, 4.69) is 24.1 Å². The fourth-order valence-corrected chi connectivity index (χ4v) is 2.21. The quantitative estimate of drug-likeness (QED) is 0.586. The minimum absolute atomic E-state index is 0.202. The van der Waals surface area contributed by atoms with Crippen molar-refractivity contribution in [3.05, 3.63) is 0 Å². The molecule has 0 aliphatic rings. The molecule has 0 amide bonds. The second-order valence-electron chi connectivity index (χ2n) is 5.46. The maximum absolute atomic E-state index is 11.8. The van der Waals surface area contributed by atoms with Crippen molar-refractivity contribution >= 4 is 5.97 Å². The van der Waals surface area contributed by atoms with Crippen LogP contribution in [0.2, 0.25) is 0 Å². The van der Waals surface area contributed by atoms with E-state index < -0.39 is 5.54 Å². The average molecular weight is 288 g/mol. The van der Waals surface area contributed by atoms with Gasteiger partial charge in [0.1, 0.15) is 5.54 Å². The van der Waals surface area contributed by atoms with Crippen LogP contribution in [-0.4, -0.2) is 63.4 Å². The molecule has 0 aromatic rings. The fourth-order valence-electron chi connectivity index (χ4n) is 2.21. The van der Waals surface area contributed by atoms with Gasteiger partial charge in [-0.25, -0.2) is 0 Å². The average Bonchev–Trinajstić information content (AvgIpc) is 2.48. The summed E-state index contributed by atoms with van der Waals surface area (Å²) in [5.41, 5.74) is -0.600. The summed E-state index contributed by atoms with van der Waals surface area (Å²) in [6.45, 7) is 8.95. The Kier molecular flexibility index (Phi) is 9.80. The predicted molar refractivity (Wildman–Crippen MR) is 81.9 cm³/mol. The molecule has 0 saturated heterocycles. The largest absolute Gasteiger partial charge is 0.468 e. The molecule has 0 aliphatic carbocycles. The van der Waals surface area contributed by atoms with Gasteiger partial charge in [-0.2, -0.15) is 0 Å². The topological polar surface area (TPSA) is 50.8 Å². The van der Waals surface area contributed by atoms with Crippen LogP contribution in [0.3, 0.4) is 0 Å². The Hall–Kier alpha value is -0.650. The lowest BCUT2D eigenvalue weighted by Crippen LogP contribution is -2.49. The van der Waals surface area contributed by atoms with Gasteiger partial charge in [-0.15, -0.1) is 0 Å². The van der Waals surface area contributed by atoms with Crippen molar-refractivity contribution < 1.29 is 14.3 Å². The summed E-state index contributed by atoms with van der Waals surface area (Å²) in [6.07, 6.45) is 2.82. The van der Waals surface area contributed by atoms with Crippen molar-refractivity contribution in [3.63, 3.8) is 0 Å². The monoisotopic (exact) mass is 288 g/mol. The number of nitrogens with one attached hydrogen (secondary N) is 1. The first-order valence-corrected chi connectivity index (χ1v) is 7.45. The Balaban J connectivity index is 4.36. The number of nitrogens with zero attached hydrogens (tertiary/aromatic N) is 1. The zero-order chi connectivity index (χ0) is 15.6. The lowest BCUT2D eigenvalue weighted by atomic mass is 9.96. The highest BCUT2D eigenvalue weighted by atomic mass is 16.5. The Labute approximate surface area is 124 Å². The normalized spacial score (nSPS) is 15.9. The molecule has 5 nitrogen and oxygen atoms in total. The Morgan fingerprint density at radius 3 is 2.45 bits per heavy atom. The Morgan fingerprint density at radius 2 is 2.00 bits per heavy atom. The van der Waals surface area contributed by atoms with Crippen LogP contribution < -0.4 is 5.32 Å². The summed E-state index contributed by atoms with van der Waals surface area (Å²) in [5, 5.41) is 3.07. The van der Waals surface area contributed by atoms with E-state index in [9.17, 15) is 4.79 Å². The molecule has 0 rings (SSSR count). The Morgan fingerprint density at radius 1 is 1.35 bits per heavy atom. The summed E-state index contributed by atoms with van der Waals surface area (Å²) in [5.74, 6) is -0.202. The third-order valence-electron chi connectivity index (χ3n) is 4.11. The first-order chi connectivity index (χ1) is 9.45. The fraction of sp³-hybridized carbons (Fsp3) is 0.933. The molecule has 2 atom stereocenters. The second kappa shape index (κ2) is 10.1. The van der Waals surface area contributed by atoms with Crippen LogP contribution in [0.5, 0.6) is 0 Å². The van der Waals surface area contributed by atoms with Crippen LogP contribution in [0, 0.1) is 0 Å². The predicted octanol–water partition coefficient (Wildman–Crippen LogP) is 1.66. The molecule has 0 aromatic carbocycles. The molecule has 0 fully saturated rings. The number of hydrogen-bond acceptors (Lipinski definition) is 5. The molecule has 0 radical (unpaired) electrons. The van der Waals surface area contributed by atoms with Gasteiger partial charge in [0.05, 0.1) is 13.7 Å². The maximum atomic E-state index is 11.8. The molecule has 0 aliphatic heterocycles. The minimum Gasteiger partial charge on any atom is -0.468 e. The van der Waals surface area contributed by atoms with E-state index in [1.54, 1.807) is 14.2 Å². The van der Waals surface area contributed by atoms with Gasteiger partial charge in [0, 0.05) is 19.7 Å². The summed E-state index contributed by atoms with van der Waals surface area (Å²) in [6, 6.07) is 0.532. The van der Waals surface area contributed by atoms with Crippen LogP contribution >= 0.6 is 0 Å². The van der Waals surface area contributed by atoms with Gasteiger partial charge in [-0.05, 0) is 46.7 Å². The second-order valence-corrected chi connectivity index (χ2v) is 5.46. The van der Waals surface area contributed by atoms with Gasteiger partial charge >= 0.3 is 5.97 Å². The molecule has 5 heteroatoms. The number of carbonyl (C=O) groups excluding carboxylic acids is 1. The number of methoxy groups -OCH3 is 2. The molecule has 0 heterocycles. The summed E-state index contributed by atoms with van der Waals surface area (Å²) in [7, 11) is 4.96. The number of ether oxygens (including phenoxy) is 2. The van der Waals surface area contributed by atoms with Gasteiger partial charge in [-0.3, -0.25) is 9.69 Å². The van der Waals surface area contributed by atoms with Crippen LogP contribution in [0.4, 0.5) is 0 Å². The van der Waals surface area contributed by atoms with Gasteiger partial charge in [0.25, 0.3) is 0 Å². The van der Waals surface area contributed by atoms with Gasteiger partial charge < -0.3 is 14.8 Å². The van der Waals surface area contributed by atoms with Crippen LogP contribution in [-0.2, 0) is 14.3 Å². The van der Waals surface area contributed by atoms with E-state index in [0.29, 0.717) is 6.04 Å². The maximum Gasteiger partial charge on any atom is 0.325 e. The van der Waals surface area contributed by atoms with E-state index in [1.165, 1.54) is 7.11 Å². The highest BCUT2D eigenvalue weighted by Crippen LogP contribution is 2.15. The standard InChI is InChI=1S/C15H32N2O3/c1-7-13(2)17(11-12-19-5)10-8-9-15(3,16-4)14(18)20-6/h13,16H,7-12H2,1-6H3. The molecular formula is C15H32N2O3. The molecule has 120 valence electrons. The zero-order valence-electron chi connectivity index (χ0n) is 14.0. The van der Waals surface area contributed by atoms with E-state index in [-0.39, 0.29) is 5.97 Å². The summed E-state index contributed by atoms with van der Waals surface area (Å²) >= 11 is 0. The first kappa shape index (κ1) is 19.4. The highest BCUT2D eigenvalue weighted by molar-refractivity contribution is 5.80. The third-order valence-corrected chi connectivity index (χ3v) is 4.11. The van der Waals surface area contributed by atoms with E-state index in [4.69, 9.17) is 9.47 Å². The van der Waals surface area contributed by atoms with Crippen molar-refractivity contribution in [3.8, 4) is 0 Å². The van der Waals surface area contributed by atoms with Crippen LogP contribution in [0.25, 0.3) is 0 Å². The zero-order valence-corrected chi connectivity index (χ0v) is 14.0. The molecule has 0 saturated carbocycles. The minimum atomic E-state index is -0.600. The summed E-state index contributed by atoms with van der Waals surface area (Å²) in [4.78, 5) is 14.2. The first-order valence-electron chi connectivity index (χ1n) is 7.45. The third kappa shape index (κ3) is 6.20. The molecule has 2 unspecified atom stereocenters. The van der Waals surface area contributed by atoms with Crippen molar-refractivity contribution in [2.24, 2.45) is 0 Å². The highest BCUT2D eigenvalue weighted by Gasteiger charge is 2.32. The van der Waals surface area contributed by atoms with Crippen LogP contribution in [0.15, 0.2) is 0 Å². The number of likely N-dealkylation sites (N-methyl/N-ethyl adjacent to an activating group) is 1. The smallest absolute Gasteiger partial charge is 0.325 e. The van der Waals surface area contributed by atoms with E-state index >= 15 is 0 Å². The number of carbonyl (C=O) groups is 1. The van der Waals surface area contributed by atoms with Gasteiger partial charge in [0.2, 0.25) is 0 Å². The van der Waals surface area contributed by atoms with Crippen molar-refractivity contribution in [2.45, 2.75) is 51.6 Å². The molecule has 1 N–H and O–H groups in total. The van der Waals surface area contributed by atoms with Gasteiger partial charge in [0.15, 0.2) is 0 Å². The molecule has 0 spiro atoms. The Bertz CT molecular complexity index is 274. The number of rotatable bonds is 11. The number of esters is 1. The van der Waals surface area contributed by atoms with E-state index in [1.807, 2.05) is 6.92 Å².